The minimum Gasteiger partial charge on any atom is -0.305 e. The molecule has 0 amide bonds. The third-order valence-corrected chi connectivity index (χ3v) is 2.97. The quantitative estimate of drug-likeness (QED) is 0.232. The van der Waals surface area contributed by atoms with E-state index in [1.165, 1.54) is 0 Å². The van der Waals surface area contributed by atoms with Crippen LogP contribution in [-0.2, 0) is 0 Å². The molecule has 1 aliphatic carbocycles. The van der Waals surface area contributed by atoms with Crippen molar-refractivity contribution in [2.24, 2.45) is 0 Å². The molecule has 0 aromatic rings. The number of nitrogens with zero attached hydrogens (tertiary/aromatic N) is 2. The maximum Gasteiger partial charge on any atom is 0.250 e. The van der Waals surface area contributed by atoms with Crippen LogP contribution in [0.4, 0.5) is 0 Å². The summed E-state index contributed by atoms with van der Waals surface area (Å²) in [6, 6.07) is -0.749. The first-order valence-electron chi connectivity index (χ1n) is 3.98. The molecule has 1 heterocycles. The Morgan fingerprint density at radius 1 is 1.64 bits per heavy atom. The van der Waals surface area contributed by atoms with Crippen LogP contribution in [0, 0.1) is 10.1 Å². The van der Waals surface area contributed by atoms with E-state index < -0.39 is 6.04 Å². The molecule has 14 heavy (non-hydrogen) atoms. The molecule has 1 aliphatic heterocycles. The van der Waals surface area contributed by atoms with Gasteiger partial charge in [-0.15, -0.1) is 0 Å². The average molecular weight is 229 g/mol. The maximum atomic E-state index is 10.6. The summed E-state index contributed by atoms with van der Waals surface area (Å²) in [7, 11) is 2.48. The molecule has 0 bridgehead atoms. The van der Waals surface area contributed by atoms with Crippen molar-refractivity contribution in [3.8, 4) is 0 Å². The first-order valence-corrected chi connectivity index (χ1v) is 4.90. The lowest BCUT2D eigenvalue weighted by molar-refractivity contribution is -0.496. The first kappa shape index (κ1) is 9.71. The number of thiocarbonyl (C=S) groups is 1. The van der Waals surface area contributed by atoms with E-state index in [9.17, 15) is 10.1 Å². The molecule has 74 valence electrons. The van der Waals surface area contributed by atoms with E-state index in [1.807, 2.05) is 0 Å². The van der Waals surface area contributed by atoms with E-state index in [4.69, 9.17) is 12.2 Å². The fourth-order valence-corrected chi connectivity index (χ4v) is 2.27. The van der Waals surface area contributed by atoms with Gasteiger partial charge in [-0.3, -0.25) is 10.1 Å². The van der Waals surface area contributed by atoms with Crippen LogP contribution >= 0.6 is 21.6 Å². The monoisotopic (exact) mass is 229 g/mol. The Hall–Kier alpha value is -0.840. The predicted octanol–water partition coefficient (Wildman–Crippen LogP) is 0.434. The normalized spacial score (nSPS) is 30.9. The van der Waals surface area contributed by atoms with Crippen molar-refractivity contribution in [3.05, 3.63) is 33.9 Å². The van der Waals surface area contributed by atoms with Crippen LogP contribution in [0.15, 0.2) is 23.8 Å². The van der Waals surface area contributed by atoms with Gasteiger partial charge in [-0.25, -0.2) is 0 Å². The number of hydrogen-bond donors (Lipinski definition) is 1. The Balaban J connectivity index is 2.32. The molecule has 7 heteroatoms. The molecule has 3 unspecified atom stereocenters. The third kappa shape index (κ3) is 1.45. The molecule has 0 aromatic carbocycles. The van der Waals surface area contributed by atoms with Gasteiger partial charge in [0.05, 0.1) is 6.04 Å². The predicted molar refractivity (Wildman–Crippen MR) is 59.1 cm³/mol. The summed E-state index contributed by atoms with van der Waals surface area (Å²) in [5.74, 6) is 0. The van der Waals surface area contributed by atoms with Gasteiger partial charge in [-0.05, 0) is 15.5 Å². The van der Waals surface area contributed by atoms with Gasteiger partial charge in [0.1, 0.15) is 4.99 Å². The van der Waals surface area contributed by atoms with Crippen LogP contribution in [-0.4, -0.2) is 26.8 Å². The van der Waals surface area contributed by atoms with Crippen LogP contribution in [0.3, 0.4) is 0 Å². The molecule has 1 N–H and O–H groups in total. The van der Waals surface area contributed by atoms with E-state index in [-0.39, 0.29) is 11.0 Å². The number of hydrogen-bond acceptors (Lipinski definition) is 4. The SMILES string of the molecule is O=[N+]([O-])C1C=CC2C(=C1)C(=S)NN2P. The largest absolute Gasteiger partial charge is 0.305 e. The fraction of sp³-hybridized carbons (Fsp3) is 0.286. The highest BCUT2D eigenvalue weighted by Crippen LogP contribution is 2.26. The number of hydrazine groups is 1. The van der Waals surface area contributed by atoms with Crippen LogP contribution in [0.25, 0.3) is 0 Å². The highest BCUT2D eigenvalue weighted by atomic mass is 32.1. The Labute approximate surface area is 88.2 Å². The average Bonchev–Trinajstić information content (AvgIpc) is 2.42. The standard InChI is InChI=1S/C7H8N3O2PS/c11-10(12)4-1-2-6-5(3-4)7(14)8-9(6)13/h1-4,6H,13H2,(H,8,14). The molecule has 0 saturated carbocycles. The van der Waals surface area contributed by atoms with Crippen molar-refractivity contribution >= 4 is 26.6 Å². The van der Waals surface area contributed by atoms with Crippen LogP contribution in [0.2, 0.25) is 0 Å². The van der Waals surface area contributed by atoms with Crippen LogP contribution in [0.5, 0.6) is 0 Å². The smallest absolute Gasteiger partial charge is 0.250 e. The Morgan fingerprint density at radius 2 is 2.36 bits per heavy atom. The number of nitro groups is 1. The minimum absolute atomic E-state index is 0.00343. The van der Waals surface area contributed by atoms with E-state index in [0.29, 0.717) is 4.99 Å². The zero-order valence-corrected chi connectivity index (χ0v) is 9.05. The summed E-state index contributed by atoms with van der Waals surface area (Å²) in [5.41, 5.74) is 3.71. The van der Waals surface area contributed by atoms with Crippen molar-refractivity contribution < 1.29 is 4.92 Å². The van der Waals surface area contributed by atoms with Crippen LogP contribution < -0.4 is 5.43 Å². The van der Waals surface area contributed by atoms with Crippen molar-refractivity contribution in [1.82, 2.24) is 10.2 Å². The Bertz CT molecular complexity index is 368. The second-order valence-electron chi connectivity index (χ2n) is 3.08. The fourth-order valence-electron chi connectivity index (χ4n) is 1.50. The Kier molecular flexibility index (Phi) is 2.34. The summed E-state index contributed by atoms with van der Waals surface area (Å²) >= 11 is 5.04. The maximum absolute atomic E-state index is 10.6. The van der Waals surface area contributed by atoms with Gasteiger partial charge in [-0.1, -0.05) is 18.3 Å². The zero-order chi connectivity index (χ0) is 10.3. The van der Waals surface area contributed by atoms with Gasteiger partial charge in [0, 0.05) is 16.6 Å². The summed E-state index contributed by atoms with van der Waals surface area (Å²) < 4.78 is 1.75. The Morgan fingerprint density at radius 3 is 3.00 bits per heavy atom. The molecule has 2 aliphatic rings. The lowest BCUT2D eigenvalue weighted by Gasteiger charge is -2.17. The number of fused-ring (bicyclic) bond motifs is 1. The van der Waals surface area contributed by atoms with E-state index in [1.54, 1.807) is 23.0 Å². The lowest BCUT2D eigenvalue weighted by atomic mass is 10.00. The van der Waals surface area contributed by atoms with Gasteiger partial charge in [0.25, 0.3) is 0 Å². The molecule has 5 nitrogen and oxygen atoms in total. The van der Waals surface area contributed by atoms with Gasteiger partial charge in [-0.2, -0.15) is 4.78 Å². The molecular formula is C7H8N3O2PS. The second-order valence-corrected chi connectivity index (χ2v) is 4.04. The summed E-state index contributed by atoms with van der Waals surface area (Å²) in [4.78, 5) is 10.8. The highest BCUT2D eigenvalue weighted by Gasteiger charge is 2.34. The van der Waals surface area contributed by atoms with E-state index >= 15 is 0 Å². The zero-order valence-electron chi connectivity index (χ0n) is 7.08. The van der Waals surface area contributed by atoms with E-state index in [2.05, 4.69) is 14.8 Å². The second kappa shape index (κ2) is 3.38. The number of nitrogens with one attached hydrogen (secondary N) is 1. The van der Waals surface area contributed by atoms with Gasteiger partial charge < -0.3 is 5.43 Å². The van der Waals surface area contributed by atoms with Crippen molar-refractivity contribution in [2.45, 2.75) is 12.1 Å². The van der Waals surface area contributed by atoms with Crippen LogP contribution in [0.1, 0.15) is 0 Å². The lowest BCUT2D eigenvalue weighted by Crippen LogP contribution is -2.28. The molecule has 3 atom stereocenters. The van der Waals surface area contributed by atoms with Crippen molar-refractivity contribution in [3.63, 3.8) is 0 Å². The van der Waals surface area contributed by atoms with E-state index in [0.717, 1.165) is 5.57 Å². The molecule has 1 fully saturated rings. The molecular weight excluding hydrogens is 221 g/mol. The van der Waals surface area contributed by atoms with Gasteiger partial charge in [0.2, 0.25) is 6.04 Å². The van der Waals surface area contributed by atoms with Crippen molar-refractivity contribution in [1.29, 1.82) is 0 Å². The van der Waals surface area contributed by atoms with Crippen molar-refractivity contribution in [2.75, 3.05) is 0 Å². The first-order chi connectivity index (χ1) is 6.59. The molecule has 0 spiro atoms. The summed E-state index contributed by atoms with van der Waals surface area (Å²) in [5, 5.41) is 10.6. The minimum atomic E-state index is -0.752. The molecule has 0 radical (unpaired) electrons. The molecule has 0 aromatic heterocycles. The highest BCUT2D eigenvalue weighted by molar-refractivity contribution is 7.80. The third-order valence-electron chi connectivity index (χ3n) is 2.20. The van der Waals surface area contributed by atoms with Gasteiger partial charge in [0.15, 0.2) is 0 Å². The number of rotatable bonds is 1. The summed E-state index contributed by atoms with van der Waals surface area (Å²) in [6.07, 6.45) is 4.94. The molecule has 1 saturated heterocycles. The topological polar surface area (TPSA) is 58.4 Å². The summed E-state index contributed by atoms with van der Waals surface area (Å²) in [6.45, 7) is 0. The van der Waals surface area contributed by atoms with Gasteiger partial charge >= 0.3 is 0 Å². The molecule has 2 rings (SSSR count).